The van der Waals surface area contributed by atoms with Gasteiger partial charge in [0.2, 0.25) is 5.91 Å². The van der Waals surface area contributed by atoms with E-state index in [0.717, 1.165) is 16.9 Å². The fourth-order valence-electron chi connectivity index (χ4n) is 2.51. The first-order valence-electron chi connectivity index (χ1n) is 7.58. The van der Waals surface area contributed by atoms with Gasteiger partial charge in [-0.15, -0.1) is 0 Å². The Morgan fingerprint density at radius 3 is 2.67 bits per heavy atom. The third-order valence-electron chi connectivity index (χ3n) is 4.11. The monoisotopic (exact) mass is 291 g/mol. The molecule has 0 saturated carbocycles. The van der Waals surface area contributed by atoms with E-state index in [1.54, 1.807) is 0 Å². The van der Waals surface area contributed by atoms with E-state index in [1.807, 2.05) is 43.9 Å². The van der Waals surface area contributed by atoms with Crippen LogP contribution in [0.3, 0.4) is 0 Å². The van der Waals surface area contributed by atoms with Crippen LogP contribution in [-0.4, -0.2) is 41.2 Å². The second-order valence-electron chi connectivity index (χ2n) is 6.25. The van der Waals surface area contributed by atoms with Crippen LogP contribution < -0.4 is 4.74 Å². The number of piperidine rings is 1. The molecule has 2 rings (SSSR count). The molecule has 1 heterocycles. The number of ether oxygens (including phenoxy) is 1. The van der Waals surface area contributed by atoms with Crippen LogP contribution in [0.2, 0.25) is 0 Å². The molecule has 0 spiro atoms. The summed E-state index contributed by atoms with van der Waals surface area (Å²) < 4.78 is 5.72. The first-order chi connectivity index (χ1) is 9.87. The first kappa shape index (κ1) is 15.8. The van der Waals surface area contributed by atoms with Gasteiger partial charge in [0.15, 0.2) is 0 Å². The molecule has 0 radical (unpaired) electrons. The lowest BCUT2D eigenvalue weighted by molar-refractivity contribution is -0.135. The molecule has 1 amide bonds. The SMILES string of the molecule is Cc1ccc(C)c(OCCC(=O)N2CCC(C)(O)CC2)c1. The number of hydrogen-bond acceptors (Lipinski definition) is 3. The van der Waals surface area contributed by atoms with Crippen molar-refractivity contribution in [3.63, 3.8) is 0 Å². The maximum Gasteiger partial charge on any atom is 0.226 e. The summed E-state index contributed by atoms with van der Waals surface area (Å²) in [6, 6.07) is 6.07. The van der Waals surface area contributed by atoms with Crippen LogP contribution in [0.1, 0.15) is 37.3 Å². The summed E-state index contributed by atoms with van der Waals surface area (Å²) in [5, 5.41) is 9.89. The van der Waals surface area contributed by atoms with E-state index in [-0.39, 0.29) is 5.91 Å². The van der Waals surface area contributed by atoms with Crippen LogP contribution in [-0.2, 0) is 4.79 Å². The van der Waals surface area contributed by atoms with Crippen molar-refractivity contribution in [3.05, 3.63) is 29.3 Å². The minimum absolute atomic E-state index is 0.107. The van der Waals surface area contributed by atoms with Gasteiger partial charge in [-0.2, -0.15) is 0 Å². The lowest BCUT2D eigenvalue weighted by Crippen LogP contribution is -2.45. The van der Waals surface area contributed by atoms with Gasteiger partial charge in [0, 0.05) is 13.1 Å². The minimum Gasteiger partial charge on any atom is -0.493 e. The third kappa shape index (κ3) is 4.46. The molecule has 116 valence electrons. The van der Waals surface area contributed by atoms with Crippen molar-refractivity contribution in [3.8, 4) is 5.75 Å². The number of likely N-dealkylation sites (tertiary alicyclic amines) is 1. The number of benzene rings is 1. The molecular weight excluding hydrogens is 266 g/mol. The highest BCUT2D eigenvalue weighted by atomic mass is 16.5. The number of aliphatic hydroxyl groups is 1. The van der Waals surface area contributed by atoms with Crippen LogP contribution in [0.4, 0.5) is 0 Å². The average Bonchev–Trinajstić information content (AvgIpc) is 2.42. The predicted octanol–water partition coefficient (Wildman–Crippen LogP) is 2.45. The molecule has 4 nitrogen and oxygen atoms in total. The molecule has 0 atom stereocenters. The molecule has 0 bridgehead atoms. The van der Waals surface area contributed by atoms with Crippen molar-refractivity contribution in [2.45, 2.75) is 45.6 Å². The number of hydrogen-bond donors (Lipinski definition) is 1. The zero-order chi connectivity index (χ0) is 15.5. The number of carbonyl (C=O) groups is 1. The number of amides is 1. The average molecular weight is 291 g/mol. The molecule has 1 aliphatic rings. The molecule has 0 aliphatic carbocycles. The van der Waals surface area contributed by atoms with E-state index in [0.29, 0.717) is 39.0 Å². The van der Waals surface area contributed by atoms with Crippen LogP contribution in [0.15, 0.2) is 18.2 Å². The second kappa shape index (κ2) is 6.48. The smallest absolute Gasteiger partial charge is 0.226 e. The Morgan fingerprint density at radius 2 is 2.00 bits per heavy atom. The molecular formula is C17H25NO3. The standard InChI is InChI=1S/C17H25NO3/c1-13-4-5-14(2)15(12-13)21-11-6-16(19)18-9-7-17(3,20)8-10-18/h4-5,12,20H,6-11H2,1-3H3. The minimum atomic E-state index is -0.619. The van der Waals surface area contributed by atoms with Gasteiger partial charge in [0.05, 0.1) is 18.6 Å². The highest BCUT2D eigenvalue weighted by Gasteiger charge is 2.29. The first-order valence-corrected chi connectivity index (χ1v) is 7.58. The van der Waals surface area contributed by atoms with Gasteiger partial charge in [-0.1, -0.05) is 12.1 Å². The van der Waals surface area contributed by atoms with E-state index < -0.39 is 5.60 Å². The predicted molar refractivity (Wildman–Crippen MR) is 82.5 cm³/mol. The van der Waals surface area contributed by atoms with Crippen LogP contribution >= 0.6 is 0 Å². The topological polar surface area (TPSA) is 49.8 Å². The fraction of sp³-hybridized carbons (Fsp3) is 0.588. The molecule has 1 N–H and O–H groups in total. The fourth-order valence-corrected chi connectivity index (χ4v) is 2.51. The Morgan fingerprint density at radius 1 is 1.33 bits per heavy atom. The molecule has 1 aliphatic heterocycles. The molecule has 21 heavy (non-hydrogen) atoms. The van der Waals surface area contributed by atoms with E-state index in [1.165, 1.54) is 0 Å². The maximum absolute atomic E-state index is 12.1. The Hall–Kier alpha value is -1.55. The zero-order valence-corrected chi connectivity index (χ0v) is 13.2. The number of aryl methyl sites for hydroxylation is 2. The summed E-state index contributed by atoms with van der Waals surface area (Å²) >= 11 is 0. The van der Waals surface area contributed by atoms with Crippen LogP contribution in [0.5, 0.6) is 5.75 Å². The molecule has 1 aromatic rings. The summed E-state index contributed by atoms with van der Waals surface area (Å²) in [5.74, 6) is 0.959. The molecule has 1 fully saturated rings. The lowest BCUT2D eigenvalue weighted by atomic mass is 9.94. The van der Waals surface area contributed by atoms with Crippen LogP contribution in [0, 0.1) is 13.8 Å². The zero-order valence-electron chi connectivity index (χ0n) is 13.2. The summed E-state index contributed by atoms with van der Waals surface area (Å²) in [7, 11) is 0. The Bertz CT molecular complexity index is 501. The largest absolute Gasteiger partial charge is 0.493 e. The number of rotatable bonds is 4. The van der Waals surface area contributed by atoms with Crippen molar-refractivity contribution < 1.29 is 14.6 Å². The van der Waals surface area contributed by atoms with Gasteiger partial charge in [0.1, 0.15) is 5.75 Å². The Balaban J connectivity index is 1.78. The highest BCUT2D eigenvalue weighted by Crippen LogP contribution is 2.22. The van der Waals surface area contributed by atoms with E-state index in [9.17, 15) is 9.90 Å². The van der Waals surface area contributed by atoms with E-state index >= 15 is 0 Å². The molecule has 1 saturated heterocycles. The highest BCUT2D eigenvalue weighted by molar-refractivity contribution is 5.76. The molecule has 4 heteroatoms. The molecule has 0 unspecified atom stereocenters. The second-order valence-corrected chi connectivity index (χ2v) is 6.25. The van der Waals surface area contributed by atoms with Crippen molar-refractivity contribution in [1.29, 1.82) is 0 Å². The van der Waals surface area contributed by atoms with Gasteiger partial charge in [-0.3, -0.25) is 4.79 Å². The number of nitrogens with zero attached hydrogens (tertiary/aromatic N) is 1. The van der Waals surface area contributed by atoms with Gasteiger partial charge < -0.3 is 14.7 Å². The Kier molecular flexibility index (Phi) is 4.88. The van der Waals surface area contributed by atoms with E-state index in [4.69, 9.17) is 4.74 Å². The van der Waals surface area contributed by atoms with Crippen molar-refractivity contribution in [2.24, 2.45) is 0 Å². The quantitative estimate of drug-likeness (QED) is 0.927. The van der Waals surface area contributed by atoms with Gasteiger partial charge in [0.25, 0.3) is 0 Å². The lowest BCUT2D eigenvalue weighted by Gasteiger charge is -2.35. The Labute approximate surface area is 126 Å². The van der Waals surface area contributed by atoms with E-state index in [2.05, 4.69) is 0 Å². The van der Waals surface area contributed by atoms with Crippen molar-refractivity contribution >= 4 is 5.91 Å². The summed E-state index contributed by atoms with van der Waals surface area (Å²) in [4.78, 5) is 13.9. The summed E-state index contributed by atoms with van der Waals surface area (Å²) in [5.41, 5.74) is 1.62. The normalized spacial score (nSPS) is 17.6. The van der Waals surface area contributed by atoms with Crippen molar-refractivity contribution in [1.82, 2.24) is 4.90 Å². The molecule has 1 aromatic carbocycles. The summed E-state index contributed by atoms with van der Waals surface area (Å²) in [6.45, 7) is 7.53. The van der Waals surface area contributed by atoms with Gasteiger partial charge in [-0.05, 0) is 50.8 Å². The third-order valence-corrected chi connectivity index (χ3v) is 4.11. The summed E-state index contributed by atoms with van der Waals surface area (Å²) in [6.07, 6.45) is 1.68. The van der Waals surface area contributed by atoms with Gasteiger partial charge >= 0.3 is 0 Å². The molecule has 0 aromatic heterocycles. The van der Waals surface area contributed by atoms with Gasteiger partial charge in [-0.25, -0.2) is 0 Å². The number of carbonyl (C=O) groups excluding carboxylic acids is 1. The maximum atomic E-state index is 12.1. The van der Waals surface area contributed by atoms with Crippen LogP contribution in [0.25, 0.3) is 0 Å². The van der Waals surface area contributed by atoms with Crippen molar-refractivity contribution in [2.75, 3.05) is 19.7 Å².